The number of sulfonamides is 1. The van der Waals surface area contributed by atoms with Crippen LogP contribution in [0, 0.1) is 12.8 Å². The van der Waals surface area contributed by atoms with Gasteiger partial charge in [-0.15, -0.1) is 0 Å². The molecule has 3 aromatic carbocycles. The summed E-state index contributed by atoms with van der Waals surface area (Å²) in [5.41, 5.74) is 0.902. The molecule has 0 bridgehead atoms. The number of aliphatic hydroxyl groups is 1. The highest BCUT2D eigenvalue weighted by Gasteiger charge is 2.34. The van der Waals surface area contributed by atoms with E-state index in [1.165, 1.54) is 34.5 Å². The van der Waals surface area contributed by atoms with E-state index in [1.54, 1.807) is 31.2 Å². The number of nitrogens with zero attached hydrogens (tertiary/aromatic N) is 2. The van der Waals surface area contributed by atoms with Crippen molar-refractivity contribution in [1.82, 2.24) is 9.21 Å². The highest BCUT2D eigenvalue weighted by molar-refractivity contribution is 7.89. The molecule has 0 aliphatic carbocycles. The minimum atomic E-state index is -4.51. The van der Waals surface area contributed by atoms with E-state index in [1.807, 2.05) is 13.8 Å². The van der Waals surface area contributed by atoms with Crippen LogP contribution >= 0.6 is 0 Å². The molecule has 1 heterocycles. The Morgan fingerprint density at radius 3 is 2.28 bits per heavy atom. The topological polar surface area (TPSA) is 128 Å². The Bertz CT molecular complexity index is 1650. The van der Waals surface area contributed by atoms with Gasteiger partial charge in [0.2, 0.25) is 15.9 Å². The zero-order valence-electron chi connectivity index (χ0n) is 25.8. The predicted molar refractivity (Wildman–Crippen MR) is 167 cm³/mol. The number of benzene rings is 3. The average Bonchev–Trinajstić information content (AvgIpc) is 3.04. The summed E-state index contributed by atoms with van der Waals surface area (Å²) in [6.45, 7) is 5.27. The van der Waals surface area contributed by atoms with Gasteiger partial charge in [-0.3, -0.25) is 4.79 Å². The molecule has 1 aliphatic heterocycles. The number of likely N-dealkylation sites (N-methyl/N-ethyl adjacent to an activating group) is 1. The van der Waals surface area contributed by atoms with Crippen LogP contribution in [-0.4, -0.2) is 73.6 Å². The van der Waals surface area contributed by atoms with Crippen LogP contribution in [0.1, 0.15) is 30.5 Å². The second kappa shape index (κ2) is 14.1. The number of hydrogen-bond acceptors (Lipinski definition) is 6. The molecule has 0 saturated heterocycles. The van der Waals surface area contributed by atoms with Crippen molar-refractivity contribution in [2.75, 3.05) is 37.4 Å². The number of amides is 3. The molecule has 0 spiro atoms. The van der Waals surface area contributed by atoms with Gasteiger partial charge in [-0.05, 0) is 68.4 Å². The van der Waals surface area contributed by atoms with Crippen LogP contribution in [0.2, 0.25) is 0 Å². The number of anilines is 2. The van der Waals surface area contributed by atoms with E-state index in [-0.39, 0.29) is 54.2 Å². The number of alkyl halides is 3. The third kappa shape index (κ3) is 8.36. The van der Waals surface area contributed by atoms with E-state index >= 15 is 0 Å². The SMILES string of the molecule is Cc1ccc(S(=O)(=O)N(C)C[C@H]2Oc3ccc(NC(=O)Nc4ccc(C(F)(F)F)cc4)cc3CC(=O)N([C@H](C)CO)C[C@H]2C)cc1. The van der Waals surface area contributed by atoms with E-state index in [9.17, 15) is 36.3 Å². The van der Waals surface area contributed by atoms with Gasteiger partial charge in [0.15, 0.2) is 0 Å². The summed E-state index contributed by atoms with van der Waals surface area (Å²) in [5, 5.41) is 15.0. The van der Waals surface area contributed by atoms with Crippen LogP contribution in [0.4, 0.5) is 29.3 Å². The van der Waals surface area contributed by atoms with Gasteiger partial charge in [-0.1, -0.05) is 24.6 Å². The standard InChI is InChI=1S/C32H37F3N4O6S/c1-20-5-12-27(13-6-20)46(43,44)38(4)18-29-21(2)17-39(22(3)19-40)30(41)16-23-15-26(11-14-28(23)45-29)37-31(42)36-25-9-7-24(8-10-25)32(33,34)35/h5-15,21-22,29,40H,16-19H2,1-4H3,(H2,36,37,42)/t21-,22-,29-/m1/s1. The van der Waals surface area contributed by atoms with Crippen LogP contribution in [0.25, 0.3) is 0 Å². The van der Waals surface area contributed by atoms with Crippen LogP contribution in [0.15, 0.2) is 71.6 Å². The Kier molecular flexibility index (Phi) is 10.6. The molecule has 46 heavy (non-hydrogen) atoms. The van der Waals surface area contributed by atoms with Gasteiger partial charge in [0.1, 0.15) is 11.9 Å². The highest BCUT2D eigenvalue weighted by Crippen LogP contribution is 2.31. The van der Waals surface area contributed by atoms with Gasteiger partial charge >= 0.3 is 12.2 Å². The van der Waals surface area contributed by atoms with Gasteiger partial charge < -0.3 is 25.4 Å². The van der Waals surface area contributed by atoms with Crippen molar-refractivity contribution >= 4 is 33.3 Å². The van der Waals surface area contributed by atoms with Crippen molar-refractivity contribution in [2.45, 2.75) is 50.4 Å². The quantitative estimate of drug-likeness (QED) is 0.307. The third-order valence-corrected chi connectivity index (χ3v) is 9.65. The average molecular weight is 663 g/mol. The molecule has 1 aliphatic rings. The lowest BCUT2D eigenvalue weighted by Crippen LogP contribution is -2.48. The van der Waals surface area contributed by atoms with Gasteiger partial charge in [-0.25, -0.2) is 13.2 Å². The first-order chi connectivity index (χ1) is 21.6. The number of hydrogen-bond donors (Lipinski definition) is 3. The first-order valence-electron chi connectivity index (χ1n) is 14.6. The van der Waals surface area contributed by atoms with E-state index in [0.717, 1.165) is 29.8 Å². The van der Waals surface area contributed by atoms with E-state index in [2.05, 4.69) is 10.6 Å². The summed E-state index contributed by atoms with van der Waals surface area (Å²) in [5.74, 6) is -0.337. The summed E-state index contributed by atoms with van der Waals surface area (Å²) in [7, 11) is -2.41. The molecule has 4 rings (SSSR count). The maximum atomic E-state index is 13.5. The van der Waals surface area contributed by atoms with Gasteiger partial charge in [0.05, 0.1) is 36.1 Å². The molecule has 0 fully saturated rings. The largest absolute Gasteiger partial charge is 0.488 e. The summed E-state index contributed by atoms with van der Waals surface area (Å²) < 4.78 is 73.0. The fourth-order valence-corrected chi connectivity index (χ4v) is 6.19. The number of nitrogens with one attached hydrogen (secondary N) is 2. The smallest absolute Gasteiger partial charge is 0.416 e. The molecule has 3 atom stereocenters. The number of fused-ring (bicyclic) bond motifs is 1. The zero-order valence-corrected chi connectivity index (χ0v) is 26.7. The fourth-order valence-electron chi connectivity index (χ4n) is 5.00. The van der Waals surface area contributed by atoms with Gasteiger partial charge in [-0.2, -0.15) is 17.5 Å². The zero-order chi connectivity index (χ0) is 33.8. The van der Waals surface area contributed by atoms with Gasteiger partial charge in [0, 0.05) is 36.4 Å². The third-order valence-electron chi connectivity index (χ3n) is 7.81. The molecule has 0 aromatic heterocycles. The highest BCUT2D eigenvalue weighted by atomic mass is 32.2. The Labute approximate surface area is 266 Å². The molecule has 10 nitrogen and oxygen atoms in total. The number of carbonyl (C=O) groups excluding carboxylic acids is 2. The van der Waals surface area contributed by atoms with E-state index in [0.29, 0.717) is 11.3 Å². The summed E-state index contributed by atoms with van der Waals surface area (Å²) >= 11 is 0. The van der Waals surface area contributed by atoms with Crippen molar-refractivity contribution in [2.24, 2.45) is 5.92 Å². The minimum absolute atomic E-state index is 0.0398. The Balaban J connectivity index is 1.58. The second-order valence-corrected chi connectivity index (χ2v) is 13.5. The number of carbonyl (C=O) groups is 2. The molecule has 3 N–H and O–H groups in total. The summed E-state index contributed by atoms with van der Waals surface area (Å²) in [4.78, 5) is 27.8. The van der Waals surface area contributed by atoms with Crippen LogP contribution in [0.3, 0.4) is 0 Å². The lowest BCUT2D eigenvalue weighted by atomic mass is 10.0. The molecule has 0 radical (unpaired) electrons. The maximum Gasteiger partial charge on any atom is 0.416 e. The maximum absolute atomic E-state index is 13.5. The Morgan fingerprint density at radius 2 is 1.67 bits per heavy atom. The fraction of sp³-hybridized carbons (Fsp3) is 0.375. The summed E-state index contributed by atoms with van der Waals surface area (Å²) in [6, 6.07) is 13.9. The number of urea groups is 1. The second-order valence-electron chi connectivity index (χ2n) is 11.5. The van der Waals surface area contributed by atoms with Crippen molar-refractivity contribution < 1.29 is 41.0 Å². The Morgan fingerprint density at radius 1 is 1.07 bits per heavy atom. The van der Waals surface area contributed by atoms with Gasteiger partial charge in [0.25, 0.3) is 0 Å². The van der Waals surface area contributed by atoms with Crippen LogP contribution in [0.5, 0.6) is 5.75 Å². The molecule has 0 unspecified atom stereocenters. The van der Waals surface area contributed by atoms with E-state index in [4.69, 9.17) is 4.74 Å². The summed E-state index contributed by atoms with van der Waals surface area (Å²) in [6.07, 6.45) is -5.34. The lowest BCUT2D eigenvalue weighted by Gasteiger charge is -2.33. The predicted octanol–water partition coefficient (Wildman–Crippen LogP) is 5.13. The van der Waals surface area contributed by atoms with Crippen molar-refractivity contribution in [3.8, 4) is 5.75 Å². The normalized spacial score (nSPS) is 18.1. The molecular formula is C32H37F3N4O6S. The van der Waals surface area contributed by atoms with Crippen molar-refractivity contribution in [3.63, 3.8) is 0 Å². The molecular weight excluding hydrogens is 625 g/mol. The minimum Gasteiger partial charge on any atom is -0.488 e. The van der Waals surface area contributed by atoms with Crippen LogP contribution in [-0.2, 0) is 27.4 Å². The molecule has 14 heteroatoms. The molecule has 3 amide bonds. The lowest BCUT2D eigenvalue weighted by molar-refractivity contribution is -0.137. The first kappa shape index (κ1) is 34.7. The molecule has 0 saturated carbocycles. The molecule has 248 valence electrons. The number of ether oxygens (including phenoxy) is 1. The van der Waals surface area contributed by atoms with Crippen molar-refractivity contribution in [3.05, 3.63) is 83.4 Å². The number of aliphatic hydroxyl groups excluding tert-OH is 1. The number of aryl methyl sites for hydroxylation is 1. The Hall–Kier alpha value is -4.14. The number of halogens is 3. The monoisotopic (exact) mass is 662 g/mol. The molecule has 3 aromatic rings. The first-order valence-corrected chi connectivity index (χ1v) is 16.0. The number of rotatable bonds is 8. The van der Waals surface area contributed by atoms with Crippen molar-refractivity contribution in [1.29, 1.82) is 0 Å². The van der Waals surface area contributed by atoms with Crippen LogP contribution < -0.4 is 15.4 Å². The van der Waals surface area contributed by atoms with E-state index < -0.39 is 39.9 Å².